The maximum atomic E-state index is 5.07. The maximum absolute atomic E-state index is 5.07. The highest BCUT2D eigenvalue weighted by Crippen LogP contribution is 2.34. The van der Waals surface area contributed by atoms with Crippen molar-refractivity contribution in [1.29, 1.82) is 0 Å². The van der Waals surface area contributed by atoms with E-state index in [4.69, 9.17) is 4.98 Å². The monoisotopic (exact) mass is 352 g/mol. The van der Waals surface area contributed by atoms with E-state index in [0.717, 1.165) is 46.3 Å². The lowest BCUT2D eigenvalue weighted by Gasteiger charge is -2.14. The second kappa shape index (κ2) is 7.71. The van der Waals surface area contributed by atoms with E-state index in [1.54, 1.807) is 0 Å². The van der Waals surface area contributed by atoms with Gasteiger partial charge in [-0.05, 0) is 36.5 Å². The van der Waals surface area contributed by atoms with Gasteiger partial charge in [-0.1, -0.05) is 74.5 Å². The fraction of sp³-hybridized carbons (Fsp3) is 0.200. The van der Waals surface area contributed by atoms with Crippen molar-refractivity contribution >= 4 is 10.9 Å². The van der Waals surface area contributed by atoms with E-state index in [2.05, 4.69) is 79.5 Å². The summed E-state index contributed by atoms with van der Waals surface area (Å²) in [6.07, 6.45) is 4.00. The zero-order valence-corrected chi connectivity index (χ0v) is 15.9. The first kappa shape index (κ1) is 17.4. The molecule has 2 heterocycles. The number of nitrogens with zero attached hydrogens (tertiary/aromatic N) is 2. The van der Waals surface area contributed by atoms with Crippen LogP contribution in [0.25, 0.3) is 33.3 Å². The Bertz CT molecular complexity index is 1040. The molecule has 4 rings (SSSR count). The third kappa shape index (κ3) is 3.75. The Morgan fingerprint density at radius 2 is 1.48 bits per heavy atom. The molecule has 2 heteroatoms. The molecule has 27 heavy (non-hydrogen) atoms. The molecule has 2 aromatic carbocycles. The van der Waals surface area contributed by atoms with Crippen LogP contribution in [0.15, 0.2) is 79.0 Å². The molecule has 0 unspecified atom stereocenters. The highest BCUT2D eigenvalue weighted by molar-refractivity contribution is 5.92. The van der Waals surface area contributed by atoms with Crippen LogP contribution in [-0.4, -0.2) is 9.97 Å². The number of aromatic nitrogens is 2. The summed E-state index contributed by atoms with van der Waals surface area (Å²) < 4.78 is 0. The van der Waals surface area contributed by atoms with Crippen molar-refractivity contribution < 1.29 is 0 Å². The van der Waals surface area contributed by atoms with E-state index in [1.165, 1.54) is 5.56 Å². The molecule has 0 radical (unpaired) electrons. The third-order valence-electron chi connectivity index (χ3n) is 4.92. The Labute approximate surface area is 160 Å². The first-order valence-corrected chi connectivity index (χ1v) is 9.62. The van der Waals surface area contributed by atoms with E-state index in [1.807, 2.05) is 18.3 Å². The van der Waals surface area contributed by atoms with Gasteiger partial charge in [0.1, 0.15) is 0 Å². The van der Waals surface area contributed by atoms with Crippen molar-refractivity contribution in [3.05, 3.63) is 84.7 Å². The van der Waals surface area contributed by atoms with Crippen LogP contribution >= 0.6 is 0 Å². The summed E-state index contributed by atoms with van der Waals surface area (Å²) in [5.74, 6) is 0.659. The summed E-state index contributed by atoms with van der Waals surface area (Å²) in [5.41, 5.74) is 6.67. The minimum absolute atomic E-state index is 0.659. The lowest BCUT2D eigenvalue weighted by molar-refractivity contribution is 0.583. The zero-order chi connectivity index (χ0) is 18.6. The van der Waals surface area contributed by atoms with Crippen LogP contribution in [0.4, 0.5) is 0 Å². The van der Waals surface area contributed by atoms with Crippen LogP contribution in [0.3, 0.4) is 0 Å². The van der Waals surface area contributed by atoms with E-state index in [-0.39, 0.29) is 0 Å². The van der Waals surface area contributed by atoms with Gasteiger partial charge in [0.2, 0.25) is 0 Å². The largest absolute Gasteiger partial charge is 0.261 e. The second-order valence-corrected chi connectivity index (χ2v) is 7.37. The molecule has 0 N–H and O–H groups in total. The molecule has 0 saturated carbocycles. The number of hydrogen-bond acceptors (Lipinski definition) is 2. The SMILES string of the molecule is CC(C)CCc1nccc2nc(-c3ccccc3)c(-c3ccccc3)cc12. The Kier molecular flexibility index (Phi) is 4.97. The highest BCUT2D eigenvalue weighted by atomic mass is 14.7. The quantitative estimate of drug-likeness (QED) is 0.407. The van der Waals surface area contributed by atoms with Gasteiger partial charge in [0, 0.05) is 28.4 Å². The van der Waals surface area contributed by atoms with Crippen LogP contribution in [-0.2, 0) is 6.42 Å². The smallest absolute Gasteiger partial charge is 0.0788 e. The molecule has 2 aromatic heterocycles. The van der Waals surface area contributed by atoms with Gasteiger partial charge in [-0.25, -0.2) is 4.98 Å². The topological polar surface area (TPSA) is 25.8 Å². The summed E-state index contributed by atoms with van der Waals surface area (Å²) in [7, 11) is 0. The fourth-order valence-corrected chi connectivity index (χ4v) is 3.43. The molecule has 0 bridgehead atoms. The van der Waals surface area contributed by atoms with Crippen molar-refractivity contribution in [1.82, 2.24) is 9.97 Å². The number of pyridine rings is 2. The van der Waals surface area contributed by atoms with Crippen molar-refractivity contribution in [3.63, 3.8) is 0 Å². The predicted octanol–water partition coefficient (Wildman–Crippen LogP) is 6.55. The van der Waals surface area contributed by atoms with E-state index in [0.29, 0.717) is 5.92 Å². The van der Waals surface area contributed by atoms with Gasteiger partial charge in [0.15, 0.2) is 0 Å². The molecular weight excluding hydrogens is 328 g/mol. The Balaban J connectivity index is 1.94. The van der Waals surface area contributed by atoms with Gasteiger partial charge in [0.25, 0.3) is 0 Å². The van der Waals surface area contributed by atoms with Crippen LogP contribution < -0.4 is 0 Å². The lowest BCUT2D eigenvalue weighted by atomic mass is 9.96. The van der Waals surface area contributed by atoms with E-state index in [9.17, 15) is 0 Å². The van der Waals surface area contributed by atoms with Crippen LogP contribution in [0, 0.1) is 5.92 Å². The van der Waals surface area contributed by atoms with Gasteiger partial charge in [-0.15, -0.1) is 0 Å². The molecule has 0 aliphatic carbocycles. The van der Waals surface area contributed by atoms with Gasteiger partial charge in [0.05, 0.1) is 11.2 Å². The number of benzene rings is 2. The normalized spacial score (nSPS) is 11.2. The molecule has 0 atom stereocenters. The maximum Gasteiger partial charge on any atom is 0.0788 e. The van der Waals surface area contributed by atoms with Gasteiger partial charge >= 0.3 is 0 Å². The average molecular weight is 352 g/mol. The number of hydrogen-bond donors (Lipinski definition) is 0. The average Bonchev–Trinajstić information content (AvgIpc) is 2.72. The number of fused-ring (bicyclic) bond motifs is 1. The number of rotatable bonds is 5. The fourth-order valence-electron chi connectivity index (χ4n) is 3.43. The zero-order valence-electron chi connectivity index (χ0n) is 15.9. The highest BCUT2D eigenvalue weighted by Gasteiger charge is 2.13. The minimum Gasteiger partial charge on any atom is -0.261 e. The van der Waals surface area contributed by atoms with Crippen LogP contribution in [0.1, 0.15) is 26.0 Å². The predicted molar refractivity (Wildman–Crippen MR) is 114 cm³/mol. The summed E-state index contributed by atoms with van der Waals surface area (Å²) in [6.45, 7) is 4.51. The van der Waals surface area contributed by atoms with E-state index >= 15 is 0 Å². The minimum atomic E-state index is 0.659. The molecular formula is C25H24N2. The first-order valence-electron chi connectivity index (χ1n) is 9.62. The summed E-state index contributed by atoms with van der Waals surface area (Å²) in [4.78, 5) is 9.75. The van der Waals surface area contributed by atoms with Crippen molar-refractivity contribution in [2.24, 2.45) is 5.92 Å². The standard InChI is InChI=1S/C25H24N2/c1-18(2)13-14-23-22-17-21(19-9-5-3-6-10-19)25(20-11-7-4-8-12-20)27-24(22)15-16-26-23/h3-12,15-18H,13-14H2,1-2H3. The van der Waals surface area contributed by atoms with Gasteiger partial charge in [-0.2, -0.15) is 0 Å². The van der Waals surface area contributed by atoms with Crippen LogP contribution in [0.2, 0.25) is 0 Å². The van der Waals surface area contributed by atoms with E-state index < -0.39 is 0 Å². The Morgan fingerprint density at radius 1 is 0.815 bits per heavy atom. The molecule has 2 nitrogen and oxygen atoms in total. The molecule has 0 saturated heterocycles. The summed E-state index contributed by atoms with van der Waals surface area (Å²) in [5, 5.41) is 1.16. The molecule has 0 aliphatic heterocycles. The summed E-state index contributed by atoms with van der Waals surface area (Å²) in [6, 6.07) is 25.2. The van der Waals surface area contributed by atoms with Crippen molar-refractivity contribution in [2.75, 3.05) is 0 Å². The molecule has 0 fully saturated rings. The second-order valence-electron chi connectivity index (χ2n) is 7.37. The Hall–Kier alpha value is -3.00. The molecule has 134 valence electrons. The molecule has 4 aromatic rings. The Morgan fingerprint density at radius 3 is 2.15 bits per heavy atom. The lowest BCUT2D eigenvalue weighted by Crippen LogP contribution is -1.99. The summed E-state index contributed by atoms with van der Waals surface area (Å²) >= 11 is 0. The third-order valence-corrected chi connectivity index (χ3v) is 4.92. The number of aryl methyl sites for hydroxylation is 1. The van der Waals surface area contributed by atoms with Crippen molar-refractivity contribution in [2.45, 2.75) is 26.7 Å². The molecule has 0 spiro atoms. The molecule has 0 aliphatic rings. The first-order chi connectivity index (χ1) is 13.2. The van der Waals surface area contributed by atoms with Crippen molar-refractivity contribution in [3.8, 4) is 22.4 Å². The van der Waals surface area contributed by atoms with Gasteiger partial charge < -0.3 is 0 Å². The van der Waals surface area contributed by atoms with Gasteiger partial charge in [-0.3, -0.25) is 4.98 Å². The molecule has 0 amide bonds. The van der Waals surface area contributed by atoms with Crippen LogP contribution in [0.5, 0.6) is 0 Å².